The van der Waals surface area contributed by atoms with E-state index in [0.29, 0.717) is 17.9 Å². The molecule has 4 aliphatic rings. The Kier molecular flexibility index (Phi) is 4.13. The molecule has 1 atom stereocenters. The minimum absolute atomic E-state index is 0.0619. The van der Waals surface area contributed by atoms with Crippen LogP contribution in [0, 0.1) is 17.3 Å². The molecule has 0 aromatic carbocycles. The average Bonchev–Trinajstić information content (AvgIpc) is 2.49. The largest absolute Gasteiger partial charge is 0.326 e. The normalized spacial score (nSPS) is 42.3. The highest BCUT2D eigenvalue weighted by atomic mass is 16.9. The van der Waals surface area contributed by atoms with Crippen LogP contribution < -0.4 is 0 Å². The van der Waals surface area contributed by atoms with Gasteiger partial charge < -0.3 is 14.2 Å². The lowest BCUT2D eigenvalue weighted by molar-refractivity contribution is -0.511. The van der Waals surface area contributed by atoms with Gasteiger partial charge in [0.1, 0.15) is 0 Å². The topological polar surface area (TPSA) is 27.7 Å². The van der Waals surface area contributed by atoms with Gasteiger partial charge in [0.15, 0.2) is 0 Å². The Labute approximate surface area is 123 Å². The van der Waals surface area contributed by atoms with Gasteiger partial charge in [-0.3, -0.25) is 0 Å². The van der Waals surface area contributed by atoms with Crippen molar-refractivity contribution in [2.75, 3.05) is 13.2 Å². The van der Waals surface area contributed by atoms with E-state index in [1.165, 1.54) is 38.5 Å². The van der Waals surface area contributed by atoms with Gasteiger partial charge in [-0.15, -0.1) is 0 Å². The highest BCUT2D eigenvalue weighted by molar-refractivity contribution is 4.99. The Balaban J connectivity index is 1.80. The Morgan fingerprint density at radius 1 is 1.05 bits per heavy atom. The Bertz CT molecular complexity index is 325. The monoisotopic (exact) mass is 282 g/mol. The second-order valence-corrected chi connectivity index (χ2v) is 7.30. The molecule has 2 bridgehead atoms. The molecule has 116 valence electrons. The van der Waals surface area contributed by atoms with Crippen molar-refractivity contribution >= 4 is 0 Å². The van der Waals surface area contributed by atoms with E-state index < -0.39 is 5.97 Å². The molecule has 1 aliphatic carbocycles. The van der Waals surface area contributed by atoms with Crippen LogP contribution >= 0.6 is 0 Å². The Morgan fingerprint density at radius 3 is 2.25 bits per heavy atom. The summed E-state index contributed by atoms with van der Waals surface area (Å²) in [4.78, 5) is 0. The van der Waals surface area contributed by atoms with E-state index in [2.05, 4.69) is 20.8 Å². The Hall–Kier alpha value is -0.120. The first kappa shape index (κ1) is 14.8. The predicted octanol–water partition coefficient (Wildman–Crippen LogP) is 4.11. The molecule has 4 fully saturated rings. The van der Waals surface area contributed by atoms with Gasteiger partial charge >= 0.3 is 0 Å². The molecule has 4 rings (SSSR count). The maximum Gasteiger partial charge on any atom is 0.286 e. The van der Waals surface area contributed by atoms with Gasteiger partial charge in [-0.2, -0.15) is 0 Å². The first-order valence-electron chi connectivity index (χ1n) is 8.59. The van der Waals surface area contributed by atoms with Crippen molar-refractivity contribution in [2.24, 2.45) is 17.3 Å². The fourth-order valence-electron chi connectivity index (χ4n) is 4.22. The van der Waals surface area contributed by atoms with E-state index >= 15 is 0 Å². The molecule has 3 heterocycles. The van der Waals surface area contributed by atoms with Crippen molar-refractivity contribution in [1.82, 2.24) is 0 Å². The highest BCUT2D eigenvalue weighted by Gasteiger charge is 2.61. The molecule has 3 aliphatic heterocycles. The van der Waals surface area contributed by atoms with Gasteiger partial charge in [-0.05, 0) is 25.2 Å². The summed E-state index contributed by atoms with van der Waals surface area (Å²) in [5.41, 5.74) is 0.0619. The van der Waals surface area contributed by atoms with E-state index in [1.54, 1.807) is 0 Å². The summed E-state index contributed by atoms with van der Waals surface area (Å²) in [7, 11) is 0. The minimum atomic E-state index is -0.711. The molecule has 0 aromatic heterocycles. The maximum atomic E-state index is 6.47. The molecular formula is C17H30O3. The van der Waals surface area contributed by atoms with Crippen molar-refractivity contribution in [1.29, 1.82) is 0 Å². The molecule has 3 nitrogen and oxygen atoms in total. The number of rotatable bonds is 4. The van der Waals surface area contributed by atoms with E-state index in [4.69, 9.17) is 14.2 Å². The molecule has 1 saturated carbocycles. The van der Waals surface area contributed by atoms with Crippen LogP contribution in [-0.4, -0.2) is 25.3 Å². The van der Waals surface area contributed by atoms with Crippen molar-refractivity contribution in [3.05, 3.63) is 0 Å². The Morgan fingerprint density at radius 2 is 1.70 bits per heavy atom. The smallest absolute Gasteiger partial charge is 0.286 e. The zero-order valence-corrected chi connectivity index (χ0v) is 13.3. The second kappa shape index (κ2) is 5.58. The van der Waals surface area contributed by atoms with Gasteiger partial charge in [0.2, 0.25) is 0 Å². The van der Waals surface area contributed by atoms with Crippen LogP contribution in [-0.2, 0) is 14.2 Å². The SMILES string of the molecule is CCCC1OC2(C3CCCCC3)OCC1(C(C)C)CO2. The molecular weight excluding hydrogens is 252 g/mol. The number of ether oxygens (including phenoxy) is 3. The molecule has 3 saturated heterocycles. The molecule has 0 N–H and O–H groups in total. The molecule has 0 aromatic rings. The summed E-state index contributed by atoms with van der Waals surface area (Å²) in [6, 6.07) is 0. The predicted molar refractivity (Wildman–Crippen MR) is 78.3 cm³/mol. The minimum Gasteiger partial charge on any atom is -0.326 e. The lowest BCUT2D eigenvalue weighted by Gasteiger charge is -2.60. The van der Waals surface area contributed by atoms with Crippen LogP contribution in [0.25, 0.3) is 0 Å². The number of hydrogen-bond acceptors (Lipinski definition) is 3. The van der Waals surface area contributed by atoms with Crippen LogP contribution in [0.15, 0.2) is 0 Å². The summed E-state index contributed by atoms with van der Waals surface area (Å²) in [6.07, 6.45) is 8.89. The second-order valence-electron chi connectivity index (χ2n) is 7.30. The zero-order valence-electron chi connectivity index (χ0n) is 13.3. The number of hydrogen-bond donors (Lipinski definition) is 0. The number of fused-ring (bicyclic) bond motifs is 3. The van der Waals surface area contributed by atoms with Crippen molar-refractivity contribution in [3.63, 3.8) is 0 Å². The summed E-state index contributed by atoms with van der Waals surface area (Å²) >= 11 is 0. The van der Waals surface area contributed by atoms with Gasteiger partial charge in [-0.1, -0.05) is 46.5 Å². The third-order valence-corrected chi connectivity index (χ3v) is 5.84. The fourth-order valence-corrected chi connectivity index (χ4v) is 4.22. The highest BCUT2D eigenvalue weighted by Crippen LogP contribution is 2.53. The van der Waals surface area contributed by atoms with Crippen molar-refractivity contribution in [3.8, 4) is 0 Å². The standard InChI is InChI=1S/C17H30O3/c1-4-8-15-16(13(2)3)11-18-17(20-15,19-12-16)14-9-6-5-7-10-14/h13-15H,4-12H2,1-3H3. The summed E-state index contributed by atoms with van der Waals surface area (Å²) < 4.78 is 18.9. The molecule has 0 spiro atoms. The molecule has 0 radical (unpaired) electrons. The van der Waals surface area contributed by atoms with E-state index in [0.717, 1.165) is 19.6 Å². The quantitative estimate of drug-likeness (QED) is 0.776. The lowest BCUT2D eigenvalue weighted by atomic mass is 9.70. The summed E-state index contributed by atoms with van der Waals surface area (Å²) in [6.45, 7) is 8.42. The van der Waals surface area contributed by atoms with E-state index in [-0.39, 0.29) is 5.41 Å². The molecule has 20 heavy (non-hydrogen) atoms. The van der Waals surface area contributed by atoms with E-state index in [9.17, 15) is 0 Å². The van der Waals surface area contributed by atoms with E-state index in [1.807, 2.05) is 0 Å². The van der Waals surface area contributed by atoms with Crippen LogP contribution in [0.3, 0.4) is 0 Å². The summed E-state index contributed by atoms with van der Waals surface area (Å²) in [5.74, 6) is 0.251. The van der Waals surface area contributed by atoms with Crippen LogP contribution in [0.5, 0.6) is 0 Å². The van der Waals surface area contributed by atoms with Crippen molar-refractivity contribution in [2.45, 2.75) is 77.8 Å². The van der Waals surface area contributed by atoms with Gasteiger partial charge in [-0.25, -0.2) is 0 Å². The first-order valence-corrected chi connectivity index (χ1v) is 8.59. The maximum absolute atomic E-state index is 6.47. The third-order valence-electron chi connectivity index (χ3n) is 5.84. The summed E-state index contributed by atoms with van der Waals surface area (Å²) in [5, 5.41) is 0. The third kappa shape index (κ3) is 2.22. The van der Waals surface area contributed by atoms with Gasteiger partial charge in [0, 0.05) is 11.3 Å². The average molecular weight is 282 g/mol. The van der Waals surface area contributed by atoms with Crippen LogP contribution in [0.1, 0.15) is 65.7 Å². The first-order chi connectivity index (χ1) is 9.63. The fraction of sp³-hybridized carbons (Fsp3) is 1.00. The molecule has 0 amide bonds. The molecule has 1 unspecified atom stereocenters. The van der Waals surface area contributed by atoms with Crippen LogP contribution in [0.2, 0.25) is 0 Å². The van der Waals surface area contributed by atoms with Crippen molar-refractivity contribution < 1.29 is 14.2 Å². The van der Waals surface area contributed by atoms with Gasteiger partial charge in [0.25, 0.3) is 5.97 Å². The van der Waals surface area contributed by atoms with Gasteiger partial charge in [0.05, 0.1) is 19.3 Å². The van der Waals surface area contributed by atoms with Crippen LogP contribution in [0.4, 0.5) is 0 Å². The lowest BCUT2D eigenvalue weighted by Crippen LogP contribution is -2.68. The molecule has 3 heteroatoms. The zero-order chi connectivity index (χ0) is 14.2.